The Bertz CT molecular complexity index is 483. The largest absolute Gasteiger partial charge is 0.291 e. The van der Waals surface area contributed by atoms with Crippen molar-refractivity contribution in [2.45, 2.75) is 39.9 Å². The fourth-order valence-electron chi connectivity index (χ4n) is 2.46. The lowest BCUT2D eigenvalue weighted by Crippen LogP contribution is -2.41. The summed E-state index contributed by atoms with van der Waals surface area (Å²) >= 11 is 0. The maximum absolute atomic E-state index is 4.43. The summed E-state index contributed by atoms with van der Waals surface area (Å²) in [7, 11) is 0. The highest BCUT2D eigenvalue weighted by molar-refractivity contribution is 5.17. The molecule has 0 aliphatic rings. The number of rotatable bonds is 5. The van der Waals surface area contributed by atoms with E-state index in [9.17, 15) is 0 Å². The maximum atomic E-state index is 4.43. The van der Waals surface area contributed by atoms with Crippen molar-refractivity contribution < 1.29 is 0 Å². The highest BCUT2D eigenvalue weighted by Gasteiger charge is 2.26. The summed E-state index contributed by atoms with van der Waals surface area (Å²) in [6, 6.07) is 21.6. The van der Waals surface area contributed by atoms with E-state index >= 15 is 0 Å². The van der Waals surface area contributed by atoms with Gasteiger partial charge in [0.15, 0.2) is 0 Å². The molecule has 21 heavy (non-hydrogen) atoms. The SMILES string of the molecule is [CH2]C(N(Cc1ccccc1)Cc1ccccc1)C(C)(C)C. The van der Waals surface area contributed by atoms with E-state index in [2.05, 4.69) is 93.3 Å². The standard InChI is InChI=1S/C20H26N/c1-17(20(2,3)4)21(15-18-11-7-5-8-12-18)16-19-13-9-6-10-14-19/h5-14,17H,1,15-16H2,2-4H3. The first kappa shape index (κ1) is 15.8. The summed E-state index contributed by atoms with van der Waals surface area (Å²) in [4.78, 5) is 2.46. The van der Waals surface area contributed by atoms with Gasteiger partial charge >= 0.3 is 0 Å². The topological polar surface area (TPSA) is 3.24 Å². The van der Waals surface area contributed by atoms with Crippen LogP contribution in [0.5, 0.6) is 0 Å². The van der Waals surface area contributed by atoms with Gasteiger partial charge in [-0.2, -0.15) is 0 Å². The zero-order chi connectivity index (χ0) is 15.3. The number of benzene rings is 2. The van der Waals surface area contributed by atoms with Crippen LogP contribution in [0.2, 0.25) is 0 Å². The van der Waals surface area contributed by atoms with E-state index in [1.165, 1.54) is 11.1 Å². The Hall–Kier alpha value is -1.60. The number of nitrogens with zero attached hydrogens (tertiary/aromatic N) is 1. The molecule has 0 N–H and O–H groups in total. The van der Waals surface area contributed by atoms with Gasteiger partial charge in [0.2, 0.25) is 0 Å². The summed E-state index contributed by atoms with van der Waals surface area (Å²) in [6.07, 6.45) is 0. The second-order valence-electron chi connectivity index (χ2n) is 6.76. The third-order valence-corrected chi connectivity index (χ3v) is 3.90. The second-order valence-corrected chi connectivity index (χ2v) is 6.76. The number of hydrogen-bond acceptors (Lipinski definition) is 1. The molecule has 0 fully saturated rings. The highest BCUT2D eigenvalue weighted by Crippen LogP contribution is 2.26. The van der Waals surface area contributed by atoms with Gasteiger partial charge in [0.1, 0.15) is 0 Å². The molecule has 0 aliphatic carbocycles. The molecule has 2 rings (SSSR count). The minimum Gasteiger partial charge on any atom is -0.291 e. The van der Waals surface area contributed by atoms with Gasteiger partial charge in [-0.15, -0.1) is 0 Å². The number of hydrogen-bond donors (Lipinski definition) is 0. The van der Waals surface area contributed by atoms with Crippen molar-refractivity contribution in [2.24, 2.45) is 5.41 Å². The van der Waals surface area contributed by atoms with Crippen LogP contribution >= 0.6 is 0 Å². The third-order valence-electron chi connectivity index (χ3n) is 3.90. The molecule has 111 valence electrons. The van der Waals surface area contributed by atoms with Gasteiger partial charge < -0.3 is 0 Å². The Balaban J connectivity index is 2.18. The van der Waals surface area contributed by atoms with Gasteiger partial charge in [-0.3, -0.25) is 4.90 Å². The third kappa shape index (κ3) is 4.71. The van der Waals surface area contributed by atoms with Crippen LogP contribution in [0.15, 0.2) is 60.7 Å². The quantitative estimate of drug-likeness (QED) is 0.750. The zero-order valence-corrected chi connectivity index (χ0v) is 13.4. The van der Waals surface area contributed by atoms with Gasteiger partial charge in [0, 0.05) is 19.1 Å². The van der Waals surface area contributed by atoms with Crippen LogP contribution in [0.3, 0.4) is 0 Å². The average Bonchev–Trinajstić information content (AvgIpc) is 2.47. The molecule has 1 radical (unpaired) electrons. The van der Waals surface area contributed by atoms with E-state index in [4.69, 9.17) is 0 Å². The summed E-state index contributed by atoms with van der Waals surface area (Å²) in [5.41, 5.74) is 2.83. The van der Waals surface area contributed by atoms with E-state index in [-0.39, 0.29) is 11.5 Å². The monoisotopic (exact) mass is 280 g/mol. The first-order valence-corrected chi connectivity index (χ1v) is 7.62. The van der Waals surface area contributed by atoms with Crippen LogP contribution in [0, 0.1) is 12.3 Å². The van der Waals surface area contributed by atoms with Gasteiger partial charge in [-0.25, -0.2) is 0 Å². The predicted molar refractivity (Wildman–Crippen MR) is 90.7 cm³/mol. The average molecular weight is 280 g/mol. The molecule has 0 heterocycles. The van der Waals surface area contributed by atoms with Gasteiger partial charge in [-0.1, -0.05) is 81.4 Å². The molecule has 0 aromatic heterocycles. The van der Waals surface area contributed by atoms with E-state index < -0.39 is 0 Å². The van der Waals surface area contributed by atoms with Crippen LogP contribution < -0.4 is 0 Å². The van der Waals surface area contributed by atoms with Gasteiger partial charge in [-0.05, 0) is 23.5 Å². The van der Waals surface area contributed by atoms with Gasteiger partial charge in [0.25, 0.3) is 0 Å². The fourth-order valence-corrected chi connectivity index (χ4v) is 2.46. The molecule has 2 aromatic rings. The second kappa shape index (κ2) is 6.91. The van der Waals surface area contributed by atoms with E-state index in [0.717, 1.165) is 13.1 Å². The lowest BCUT2D eigenvalue weighted by molar-refractivity contribution is 0.117. The molecule has 1 heteroatoms. The predicted octanol–water partition coefficient (Wildman–Crippen LogP) is 4.94. The minimum atomic E-state index is 0.156. The molecule has 0 spiro atoms. The molecule has 0 saturated carbocycles. The molecule has 1 atom stereocenters. The summed E-state index contributed by atoms with van der Waals surface area (Å²) in [6.45, 7) is 13.1. The summed E-state index contributed by atoms with van der Waals surface area (Å²) < 4.78 is 0. The smallest absolute Gasteiger partial charge is 0.0240 e. The van der Waals surface area contributed by atoms with Crippen molar-refractivity contribution in [2.75, 3.05) is 0 Å². The first-order valence-electron chi connectivity index (χ1n) is 7.62. The molecule has 0 bridgehead atoms. The zero-order valence-electron chi connectivity index (χ0n) is 13.4. The van der Waals surface area contributed by atoms with Crippen LogP contribution in [0.4, 0.5) is 0 Å². The maximum Gasteiger partial charge on any atom is 0.0240 e. The Morgan fingerprint density at radius 1 is 0.810 bits per heavy atom. The van der Waals surface area contributed by atoms with Gasteiger partial charge in [0.05, 0.1) is 0 Å². The normalized spacial score (nSPS) is 13.4. The fraction of sp³-hybridized carbons (Fsp3) is 0.350. The lowest BCUT2D eigenvalue weighted by atomic mass is 9.86. The van der Waals surface area contributed by atoms with Crippen LogP contribution in [0.25, 0.3) is 0 Å². The molecular formula is C20H26N. The Morgan fingerprint density at radius 3 is 1.52 bits per heavy atom. The van der Waals surface area contributed by atoms with Crippen molar-refractivity contribution in [3.05, 3.63) is 78.7 Å². The molecule has 0 saturated heterocycles. The summed E-state index contributed by atoms with van der Waals surface area (Å²) in [5.74, 6) is 0. The molecule has 0 aliphatic heterocycles. The van der Waals surface area contributed by atoms with Crippen molar-refractivity contribution >= 4 is 0 Å². The molecule has 1 unspecified atom stereocenters. The van der Waals surface area contributed by atoms with Crippen LogP contribution in [0.1, 0.15) is 31.9 Å². The molecule has 0 amide bonds. The van der Waals surface area contributed by atoms with E-state index in [1.54, 1.807) is 0 Å². The van der Waals surface area contributed by atoms with Crippen LogP contribution in [-0.2, 0) is 13.1 Å². The van der Waals surface area contributed by atoms with Crippen LogP contribution in [-0.4, -0.2) is 10.9 Å². The van der Waals surface area contributed by atoms with Crippen molar-refractivity contribution in [3.63, 3.8) is 0 Å². The van der Waals surface area contributed by atoms with E-state index in [0.29, 0.717) is 0 Å². The molecular weight excluding hydrogens is 254 g/mol. The lowest BCUT2D eigenvalue weighted by Gasteiger charge is -2.38. The van der Waals surface area contributed by atoms with E-state index in [1.807, 2.05) is 0 Å². The summed E-state index contributed by atoms with van der Waals surface area (Å²) in [5, 5.41) is 0. The Kier molecular flexibility index (Phi) is 5.19. The molecule has 2 aromatic carbocycles. The Labute approximate surface area is 129 Å². The Morgan fingerprint density at radius 2 is 1.19 bits per heavy atom. The van der Waals surface area contributed by atoms with Crippen molar-refractivity contribution in [1.29, 1.82) is 0 Å². The molecule has 1 nitrogen and oxygen atoms in total. The first-order chi connectivity index (χ1) is 9.97. The van der Waals surface area contributed by atoms with Crippen molar-refractivity contribution in [1.82, 2.24) is 4.90 Å². The van der Waals surface area contributed by atoms with Crippen molar-refractivity contribution in [3.8, 4) is 0 Å². The minimum absolute atomic E-state index is 0.156. The highest BCUT2D eigenvalue weighted by atomic mass is 15.2.